The lowest BCUT2D eigenvalue weighted by atomic mass is 9.88. The number of carbonyl (C=O) groups is 1. The second-order valence-corrected chi connectivity index (χ2v) is 9.49. The van der Waals surface area contributed by atoms with E-state index in [9.17, 15) is 13.2 Å². The molecule has 1 N–H and O–H groups in total. The summed E-state index contributed by atoms with van der Waals surface area (Å²) in [6.07, 6.45) is 1.69. The van der Waals surface area contributed by atoms with E-state index in [1.165, 1.54) is 18.2 Å². The highest BCUT2D eigenvalue weighted by Crippen LogP contribution is 2.30. The summed E-state index contributed by atoms with van der Waals surface area (Å²) < 4.78 is 32.8. The van der Waals surface area contributed by atoms with E-state index in [0.717, 1.165) is 12.8 Å². The monoisotopic (exact) mass is 388 g/mol. The first-order valence-corrected chi connectivity index (χ1v) is 9.94. The van der Waals surface area contributed by atoms with Crippen molar-refractivity contribution in [1.82, 2.24) is 9.62 Å². The zero-order chi connectivity index (χ0) is 19.0. The van der Waals surface area contributed by atoms with Gasteiger partial charge in [0, 0.05) is 25.7 Å². The molecule has 1 aromatic carbocycles. The normalized spacial score (nSPS) is 20.9. The molecule has 25 heavy (non-hydrogen) atoms. The van der Waals surface area contributed by atoms with Crippen LogP contribution in [-0.4, -0.2) is 51.1 Å². The molecule has 0 unspecified atom stereocenters. The number of amides is 1. The molecule has 0 radical (unpaired) electrons. The summed E-state index contributed by atoms with van der Waals surface area (Å²) in [7, 11) is -0.393. The Balaban J connectivity index is 2.26. The van der Waals surface area contributed by atoms with E-state index >= 15 is 0 Å². The van der Waals surface area contributed by atoms with Gasteiger partial charge in [-0.1, -0.05) is 11.6 Å². The van der Waals surface area contributed by atoms with E-state index in [1.54, 1.807) is 39.8 Å². The number of hydrogen-bond acceptors (Lipinski definition) is 4. The van der Waals surface area contributed by atoms with Gasteiger partial charge in [-0.05, 0) is 51.8 Å². The summed E-state index contributed by atoms with van der Waals surface area (Å²) >= 11 is 6.15. The Labute approximate surface area is 154 Å². The van der Waals surface area contributed by atoms with E-state index in [4.69, 9.17) is 16.3 Å². The number of benzene rings is 1. The lowest BCUT2D eigenvalue weighted by molar-refractivity contribution is -0.0144. The van der Waals surface area contributed by atoms with Gasteiger partial charge < -0.3 is 9.64 Å². The molecule has 0 atom stereocenters. The topological polar surface area (TPSA) is 75.7 Å². The quantitative estimate of drug-likeness (QED) is 0.841. The van der Waals surface area contributed by atoms with Crippen LogP contribution in [0.3, 0.4) is 0 Å². The fraction of sp³-hybridized carbons (Fsp3) is 0.588. The van der Waals surface area contributed by atoms with Gasteiger partial charge in [-0.2, -0.15) is 0 Å². The number of carbonyl (C=O) groups excluding carboxylic acids is 1. The first-order chi connectivity index (χ1) is 11.4. The molecular weight excluding hydrogens is 364 g/mol. The molecule has 1 amide bonds. The van der Waals surface area contributed by atoms with Crippen LogP contribution in [-0.2, 0) is 14.8 Å². The molecular formula is C17H25ClN2O4S. The van der Waals surface area contributed by atoms with E-state index in [-0.39, 0.29) is 33.5 Å². The highest BCUT2D eigenvalue weighted by molar-refractivity contribution is 7.89. The van der Waals surface area contributed by atoms with Gasteiger partial charge in [-0.15, -0.1) is 0 Å². The molecule has 0 spiro atoms. The summed E-state index contributed by atoms with van der Waals surface area (Å²) in [5.74, 6) is -0.294. The lowest BCUT2D eigenvalue weighted by Gasteiger charge is -2.40. The maximum atomic E-state index is 12.7. The second-order valence-electron chi connectivity index (χ2n) is 7.40. The Morgan fingerprint density at radius 3 is 2.44 bits per heavy atom. The van der Waals surface area contributed by atoms with Crippen molar-refractivity contribution in [3.05, 3.63) is 28.8 Å². The fourth-order valence-corrected chi connectivity index (χ4v) is 4.34. The van der Waals surface area contributed by atoms with Gasteiger partial charge in [0.1, 0.15) is 0 Å². The molecule has 0 saturated heterocycles. The molecule has 140 valence electrons. The minimum Gasteiger partial charge on any atom is -0.381 e. The van der Waals surface area contributed by atoms with Crippen LogP contribution < -0.4 is 4.72 Å². The molecule has 1 aliphatic carbocycles. The number of rotatable bonds is 5. The number of nitrogens with one attached hydrogen (secondary N) is 1. The Morgan fingerprint density at radius 2 is 1.92 bits per heavy atom. The Morgan fingerprint density at radius 1 is 1.32 bits per heavy atom. The van der Waals surface area contributed by atoms with Crippen LogP contribution in [0.5, 0.6) is 0 Å². The molecule has 0 heterocycles. The second kappa shape index (κ2) is 7.23. The third-order valence-electron chi connectivity index (χ3n) is 4.19. The van der Waals surface area contributed by atoms with Crippen molar-refractivity contribution in [2.45, 2.75) is 56.2 Å². The highest BCUT2D eigenvalue weighted by Gasteiger charge is 2.35. The number of hydrogen-bond donors (Lipinski definition) is 1. The van der Waals surface area contributed by atoms with Gasteiger partial charge in [0.15, 0.2) is 0 Å². The van der Waals surface area contributed by atoms with Gasteiger partial charge in [0.2, 0.25) is 10.0 Å². The molecule has 0 aliphatic heterocycles. The zero-order valence-electron chi connectivity index (χ0n) is 15.2. The van der Waals surface area contributed by atoms with Crippen LogP contribution in [0.15, 0.2) is 23.1 Å². The number of halogens is 1. The van der Waals surface area contributed by atoms with Crippen LogP contribution >= 0.6 is 11.6 Å². The van der Waals surface area contributed by atoms with Crippen LogP contribution in [0.2, 0.25) is 5.02 Å². The van der Waals surface area contributed by atoms with E-state index in [0.29, 0.717) is 0 Å². The van der Waals surface area contributed by atoms with Crippen molar-refractivity contribution in [3.8, 4) is 0 Å². The van der Waals surface area contributed by atoms with Gasteiger partial charge >= 0.3 is 0 Å². The predicted molar refractivity (Wildman–Crippen MR) is 97.4 cm³/mol. The summed E-state index contributed by atoms with van der Waals surface area (Å²) in [5, 5.41) is 0.231. The zero-order valence-corrected chi connectivity index (χ0v) is 16.7. The van der Waals surface area contributed by atoms with Crippen LogP contribution in [0, 0.1) is 0 Å². The molecule has 1 saturated carbocycles. The largest absolute Gasteiger partial charge is 0.381 e. The van der Waals surface area contributed by atoms with E-state index in [2.05, 4.69) is 4.72 Å². The van der Waals surface area contributed by atoms with Crippen molar-refractivity contribution < 1.29 is 17.9 Å². The number of methoxy groups -OCH3 is 1. The van der Waals surface area contributed by atoms with Gasteiger partial charge in [-0.25, -0.2) is 13.1 Å². The summed E-state index contributed by atoms with van der Waals surface area (Å²) in [4.78, 5) is 14.4. The maximum absolute atomic E-state index is 12.7. The lowest BCUT2D eigenvalue weighted by Crippen LogP contribution is -2.48. The Bertz CT molecular complexity index is 752. The maximum Gasteiger partial charge on any atom is 0.255 e. The van der Waals surface area contributed by atoms with Crippen molar-refractivity contribution in [1.29, 1.82) is 0 Å². The first-order valence-electron chi connectivity index (χ1n) is 8.08. The SMILES string of the molecule is COC1CC(N(C)C(=O)c2cc(S(=O)(=O)NC(C)(C)C)ccc2Cl)C1. The predicted octanol–water partition coefficient (Wildman–Crippen LogP) is 2.67. The van der Waals surface area contributed by atoms with Crippen LogP contribution in [0.25, 0.3) is 0 Å². The standard InChI is InChI=1S/C17H25ClN2O4S/c1-17(2,3)19-25(22,23)13-6-7-15(18)14(10-13)16(21)20(4)11-8-12(9-11)24-5/h6-7,10-12,19H,8-9H2,1-5H3. The molecule has 0 bridgehead atoms. The van der Waals surface area contributed by atoms with Gasteiger partial charge in [0.05, 0.1) is 21.6 Å². The van der Waals surface area contributed by atoms with Crippen molar-refractivity contribution >= 4 is 27.5 Å². The van der Waals surface area contributed by atoms with Crippen molar-refractivity contribution in [2.24, 2.45) is 0 Å². The molecule has 1 fully saturated rings. The molecule has 0 aromatic heterocycles. The van der Waals surface area contributed by atoms with Crippen molar-refractivity contribution in [2.75, 3.05) is 14.2 Å². The molecule has 1 aromatic rings. The first kappa shape index (κ1) is 20.2. The van der Waals surface area contributed by atoms with E-state index in [1.807, 2.05) is 0 Å². The summed E-state index contributed by atoms with van der Waals surface area (Å²) in [5.41, 5.74) is -0.442. The molecule has 2 rings (SSSR count). The molecule has 1 aliphatic rings. The highest BCUT2D eigenvalue weighted by atomic mass is 35.5. The van der Waals surface area contributed by atoms with E-state index < -0.39 is 15.6 Å². The fourth-order valence-electron chi connectivity index (χ4n) is 2.70. The minimum absolute atomic E-state index is 0.0203. The summed E-state index contributed by atoms with van der Waals surface area (Å²) in [6.45, 7) is 5.26. The summed E-state index contributed by atoms with van der Waals surface area (Å²) in [6, 6.07) is 4.25. The molecule has 6 nitrogen and oxygen atoms in total. The smallest absolute Gasteiger partial charge is 0.255 e. The average molecular weight is 389 g/mol. The third-order valence-corrected chi connectivity index (χ3v) is 6.28. The minimum atomic E-state index is -3.74. The van der Waals surface area contributed by atoms with Gasteiger partial charge in [0.25, 0.3) is 5.91 Å². The average Bonchev–Trinajstić information content (AvgIpc) is 2.43. The van der Waals surface area contributed by atoms with Crippen molar-refractivity contribution in [3.63, 3.8) is 0 Å². The Hall–Kier alpha value is -1.15. The third kappa shape index (κ3) is 4.73. The number of ether oxygens (including phenoxy) is 1. The van der Waals surface area contributed by atoms with Crippen LogP contribution in [0.1, 0.15) is 44.0 Å². The number of sulfonamides is 1. The van der Waals surface area contributed by atoms with Gasteiger partial charge in [-0.3, -0.25) is 4.79 Å². The van der Waals surface area contributed by atoms with Crippen LogP contribution in [0.4, 0.5) is 0 Å². The number of nitrogens with zero attached hydrogens (tertiary/aromatic N) is 1. The Kier molecular flexibility index (Phi) is 5.83. The molecule has 8 heteroatoms.